The zero-order valence-corrected chi connectivity index (χ0v) is 17.6. The number of hydrogen-bond acceptors (Lipinski definition) is 6. The normalized spacial score (nSPS) is 12.1. The number of nitrogens with one attached hydrogen (secondary N) is 1. The summed E-state index contributed by atoms with van der Waals surface area (Å²) in [5, 5.41) is 5.54. The van der Waals surface area contributed by atoms with Gasteiger partial charge >= 0.3 is 12.3 Å². The number of carbonyl (C=O) groups excluding carboxylic acids is 2. The standard InChI is InChI=1S/C24H15F4N3O4/c25-18-12-5-4-11-17(18)22-29-20(31-35-22)15-9-6-10-16(13-15)21(32)30-23(33)34-19(24(26,27)28)14-7-2-1-3-8-14/h1-13,19H,(H,30,32,33). The van der Waals surface area contributed by atoms with E-state index in [0.29, 0.717) is 0 Å². The van der Waals surface area contributed by atoms with E-state index < -0.39 is 30.1 Å². The van der Waals surface area contributed by atoms with E-state index >= 15 is 0 Å². The summed E-state index contributed by atoms with van der Waals surface area (Å²) in [4.78, 5) is 28.7. The van der Waals surface area contributed by atoms with E-state index in [1.807, 2.05) is 0 Å². The van der Waals surface area contributed by atoms with Gasteiger partial charge in [0.15, 0.2) is 0 Å². The Morgan fingerprint density at radius 3 is 2.37 bits per heavy atom. The van der Waals surface area contributed by atoms with Crippen molar-refractivity contribution in [3.8, 4) is 22.8 Å². The first kappa shape index (κ1) is 23.6. The fourth-order valence-corrected chi connectivity index (χ4v) is 3.14. The van der Waals surface area contributed by atoms with Crippen LogP contribution in [-0.4, -0.2) is 28.3 Å². The van der Waals surface area contributed by atoms with Gasteiger partial charge in [0.1, 0.15) is 5.82 Å². The van der Waals surface area contributed by atoms with E-state index in [1.165, 1.54) is 60.7 Å². The Labute approximate surface area is 195 Å². The summed E-state index contributed by atoms with van der Waals surface area (Å²) in [6.45, 7) is 0. The molecule has 1 unspecified atom stereocenters. The summed E-state index contributed by atoms with van der Waals surface area (Å²) >= 11 is 0. The lowest BCUT2D eigenvalue weighted by molar-refractivity contribution is -0.206. The summed E-state index contributed by atoms with van der Waals surface area (Å²) in [5.41, 5.74) is -0.0114. The smallest absolute Gasteiger partial charge is 0.429 e. The summed E-state index contributed by atoms with van der Waals surface area (Å²) in [6.07, 6.45) is -9.03. The average Bonchev–Trinajstić information content (AvgIpc) is 3.33. The summed E-state index contributed by atoms with van der Waals surface area (Å²) in [7, 11) is 0. The van der Waals surface area contributed by atoms with Gasteiger partial charge < -0.3 is 9.26 Å². The molecule has 1 atom stereocenters. The lowest BCUT2D eigenvalue weighted by atomic mass is 10.1. The Morgan fingerprint density at radius 1 is 0.943 bits per heavy atom. The Kier molecular flexibility index (Phi) is 6.58. The van der Waals surface area contributed by atoms with Crippen molar-refractivity contribution < 1.29 is 36.4 Å². The molecule has 0 aliphatic rings. The van der Waals surface area contributed by atoms with Gasteiger partial charge in [0.2, 0.25) is 11.9 Å². The maximum absolute atomic E-state index is 14.0. The Balaban J connectivity index is 1.48. The van der Waals surface area contributed by atoms with Crippen LogP contribution in [0.3, 0.4) is 0 Å². The minimum Gasteiger partial charge on any atom is -0.431 e. The number of amides is 2. The molecule has 4 aromatic rings. The number of aromatic nitrogens is 2. The number of alkyl carbamates (subject to hydrolysis) is 1. The van der Waals surface area contributed by atoms with Gasteiger partial charge in [-0.25, -0.2) is 9.18 Å². The van der Waals surface area contributed by atoms with Crippen LogP contribution in [0.1, 0.15) is 22.0 Å². The first-order chi connectivity index (χ1) is 16.7. The average molecular weight is 485 g/mol. The minimum atomic E-state index is -4.89. The molecule has 0 aliphatic carbocycles. The summed E-state index contributed by atoms with van der Waals surface area (Å²) in [6, 6.07) is 17.9. The third-order valence-corrected chi connectivity index (χ3v) is 4.75. The molecule has 1 aromatic heterocycles. The molecule has 35 heavy (non-hydrogen) atoms. The van der Waals surface area contributed by atoms with Crippen molar-refractivity contribution in [2.75, 3.05) is 0 Å². The van der Waals surface area contributed by atoms with E-state index in [0.717, 1.165) is 12.1 Å². The predicted octanol–water partition coefficient (Wildman–Crippen LogP) is 5.71. The molecule has 4 rings (SSSR count). The molecule has 3 aromatic carbocycles. The molecule has 178 valence electrons. The highest BCUT2D eigenvalue weighted by Crippen LogP contribution is 2.35. The molecule has 1 heterocycles. The van der Waals surface area contributed by atoms with Gasteiger partial charge in [-0.05, 0) is 24.3 Å². The second-order valence-electron chi connectivity index (χ2n) is 7.18. The molecule has 0 fully saturated rings. The van der Waals surface area contributed by atoms with Gasteiger partial charge in [-0.2, -0.15) is 18.2 Å². The maximum atomic E-state index is 14.0. The zero-order valence-electron chi connectivity index (χ0n) is 17.6. The molecule has 11 heteroatoms. The van der Waals surface area contributed by atoms with E-state index in [-0.39, 0.29) is 34.0 Å². The van der Waals surface area contributed by atoms with Gasteiger partial charge in [-0.3, -0.25) is 10.1 Å². The molecule has 0 saturated carbocycles. The monoisotopic (exact) mass is 485 g/mol. The Hall–Kier alpha value is -4.54. The molecule has 7 nitrogen and oxygen atoms in total. The number of imide groups is 1. The van der Waals surface area contributed by atoms with Gasteiger partial charge in [-0.15, -0.1) is 0 Å². The summed E-state index contributed by atoms with van der Waals surface area (Å²) in [5.74, 6) is -1.64. The number of benzene rings is 3. The third kappa shape index (κ3) is 5.52. The van der Waals surface area contributed by atoms with Gasteiger partial charge in [-0.1, -0.05) is 59.8 Å². The van der Waals surface area contributed by atoms with Crippen LogP contribution in [0.4, 0.5) is 22.4 Å². The highest BCUT2D eigenvalue weighted by Gasteiger charge is 2.44. The fraction of sp³-hybridized carbons (Fsp3) is 0.0833. The van der Waals surface area contributed by atoms with Crippen LogP contribution in [0.2, 0.25) is 0 Å². The first-order valence-electron chi connectivity index (χ1n) is 10.0. The van der Waals surface area contributed by atoms with Crippen molar-refractivity contribution in [1.29, 1.82) is 0 Å². The zero-order chi connectivity index (χ0) is 25.0. The second-order valence-corrected chi connectivity index (χ2v) is 7.18. The molecular formula is C24H15F4N3O4. The van der Waals surface area contributed by atoms with Crippen molar-refractivity contribution in [3.63, 3.8) is 0 Å². The maximum Gasteiger partial charge on any atom is 0.429 e. The Bertz CT molecular complexity index is 1360. The molecule has 0 aliphatic heterocycles. The van der Waals surface area contributed by atoms with Crippen LogP contribution in [0, 0.1) is 5.82 Å². The van der Waals surface area contributed by atoms with Crippen LogP contribution >= 0.6 is 0 Å². The number of nitrogens with zero attached hydrogens (tertiary/aromatic N) is 2. The van der Waals surface area contributed by atoms with E-state index in [1.54, 1.807) is 11.4 Å². The highest BCUT2D eigenvalue weighted by molar-refractivity contribution is 6.03. The lowest BCUT2D eigenvalue weighted by Gasteiger charge is -2.20. The third-order valence-electron chi connectivity index (χ3n) is 4.75. The largest absolute Gasteiger partial charge is 0.431 e. The van der Waals surface area contributed by atoms with Crippen LogP contribution in [0.15, 0.2) is 83.4 Å². The van der Waals surface area contributed by atoms with Crippen molar-refractivity contribution in [1.82, 2.24) is 15.5 Å². The number of hydrogen-bond donors (Lipinski definition) is 1. The first-order valence-corrected chi connectivity index (χ1v) is 10.0. The summed E-state index contributed by atoms with van der Waals surface area (Å²) < 4.78 is 63.7. The van der Waals surface area contributed by atoms with Crippen molar-refractivity contribution in [2.24, 2.45) is 0 Å². The van der Waals surface area contributed by atoms with Gasteiger partial charge in [0.25, 0.3) is 11.8 Å². The lowest BCUT2D eigenvalue weighted by Crippen LogP contribution is -2.35. The van der Waals surface area contributed by atoms with Gasteiger partial charge in [0, 0.05) is 16.7 Å². The molecule has 0 bridgehead atoms. The molecule has 0 spiro atoms. The van der Waals surface area contributed by atoms with Gasteiger partial charge in [0.05, 0.1) is 5.56 Å². The molecular weight excluding hydrogens is 470 g/mol. The number of halogens is 4. The van der Waals surface area contributed by atoms with Crippen molar-refractivity contribution in [2.45, 2.75) is 12.3 Å². The quantitative estimate of drug-likeness (QED) is 0.364. The molecule has 0 radical (unpaired) electrons. The predicted molar refractivity (Wildman–Crippen MR) is 114 cm³/mol. The molecule has 0 saturated heterocycles. The van der Waals surface area contributed by atoms with Crippen molar-refractivity contribution >= 4 is 12.0 Å². The van der Waals surface area contributed by atoms with E-state index in [4.69, 9.17) is 4.52 Å². The number of ether oxygens (including phenoxy) is 1. The van der Waals surface area contributed by atoms with Crippen LogP contribution in [0.5, 0.6) is 0 Å². The number of rotatable bonds is 5. The van der Waals surface area contributed by atoms with E-state index in [9.17, 15) is 27.2 Å². The second kappa shape index (κ2) is 9.75. The Morgan fingerprint density at radius 2 is 1.66 bits per heavy atom. The SMILES string of the molecule is O=C(NC(=O)c1cccc(-c2noc(-c3ccccc3F)n2)c1)OC(c1ccccc1)C(F)(F)F. The van der Waals surface area contributed by atoms with Crippen molar-refractivity contribution in [3.05, 3.63) is 95.8 Å². The fourth-order valence-electron chi connectivity index (χ4n) is 3.14. The number of alkyl halides is 3. The highest BCUT2D eigenvalue weighted by atomic mass is 19.4. The van der Waals surface area contributed by atoms with Crippen LogP contribution in [0.25, 0.3) is 22.8 Å². The van der Waals surface area contributed by atoms with E-state index in [2.05, 4.69) is 14.9 Å². The van der Waals surface area contributed by atoms with Crippen LogP contribution < -0.4 is 5.32 Å². The number of carbonyl (C=O) groups is 2. The topological polar surface area (TPSA) is 94.3 Å². The molecule has 1 N–H and O–H groups in total. The minimum absolute atomic E-state index is 0.0293. The molecule has 2 amide bonds. The van der Waals surface area contributed by atoms with Crippen LogP contribution in [-0.2, 0) is 4.74 Å².